The third-order valence-corrected chi connectivity index (χ3v) is 5.19. The molecule has 2 saturated heterocycles. The number of rotatable bonds is 7. The van der Waals surface area contributed by atoms with Crippen LogP contribution in [0.2, 0.25) is 0 Å². The molecule has 3 N–H and O–H groups in total. The van der Waals surface area contributed by atoms with Crippen molar-refractivity contribution in [2.75, 3.05) is 38.3 Å². The van der Waals surface area contributed by atoms with Gasteiger partial charge in [-0.25, -0.2) is 4.79 Å². The summed E-state index contributed by atoms with van der Waals surface area (Å²) >= 11 is 0. The molecule has 4 amide bonds. The van der Waals surface area contributed by atoms with E-state index in [1.54, 1.807) is 18.2 Å². The molecule has 2 fully saturated rings. The maximum atomic E-state index is 12.2. The first-order valence-corrected chi connectivity index (χ1v) is 9.93. The first-order valence-electron chi connectivity index (χ1n) is 9.93. The number of amides is 4. The maximum Gasteiger partial charge on any atom is 0.328 e. The van der Waals surface area contributed by atoms with Gasteiger partial charge in [-0.1, -0.05) is 0 Å². The summed E-state index contributed by atoms with van der Waals surface area (Å²) in [6.07, 6.45) is 3.01. The van der Waals surface area contributed by atoms with Crippen LogP contribution in [0.3, 0.4) is 0 Å². The fourth-order valence-corrected chi connectivity index (χ4v) is 3.49. The number of carbonyl (C=O) groups is 3. The minimum atomic E-state index is -0.467. The molecule has 1 aromatic carbocycles. The number of benzene rings is 1. The topological polar surface area (TPSA) is 114 Å². The number of piperidine rings is 1. The fourth-order valence-electron chi connectivity index (χ4n) is 3.49. The summed E-state index contributed by atoms with van der Waals surface area (Å²) in [5.74, 6) is 0.925. The fraction of sp³-hybridized carbons (Fsp3) is 0.550. The molecule has 0 aliphatic carbocycles. The van der Waals surface area contributed by atoms with Crippen LogP contribution >= 0.6 is 0 Å². The van der Waals surface area contributed by atoms with E-state index in [2.05, 4.69) is 5.32 Å². The average Bonchev–Trinajstić information content (AvgIpc) is 2.71. The quantitative estimate of drug-likeness (QED) is 0.661. The van der Waals surface area contributed by atoms with Gasteiger partial charge in [0.2, 0.25) is 11.8 Å². The number of urea groups is 1. The highest BCUT2D eigenvalue weighted by atomic mass is 16.5. The van der Waals surface area contributed by atoms with Crippen LogP contribution in [0, 0.1) is 0 Å². The van der Waals surface area contributed by atoms with Crippen molar-refractivity contribution in [1.82, 2.24) is 10.2 Å². The Morgan fingerprint density at radius 2 is 2.00 bits per heavy atom. The van der Waals surface area contributed by atoms with Crippen LogP contribution in [0.15, 0.2) is 18.2 Å². The summed E-state index contributed by atoms with van der Waals surface area (Å²) in [4.78, 5) is 38.9. The zero-order valence-electron chi connectivity index (χ0n) is 16.7. The molecule has 158 valence electrons. The molecule has 0 spiro atoms. The Bertz CT molecular complexity index is 761. The number of hydrogen-bond acceptors (Lipinski definition) is 6. The molecule has 0 atom stereocenters. The zero-order valence-corrected chi connectivity index (χ0v) is 16.7. The number of imide groups is 1. The lowest BCUT2D eigenvalue weighted by molar-refractivity contribution is -0.132. The number of anilines is 1. The van der Waals surface area contributed by atoms with Gasteiger partial charge in [-0.15, -0.1) is 0 Å². The monoisotopic (exact) mass is 404 g/mol. The standard InChI is InChI=1S/C20H28N4O5/c1-28-17-13-15(4-5-16(17)24-11-8-18(25)22-20(24)27)29-12-2-3-19(26)23-9-6-14(21)7-10-23/h4-5,13-14H,2-3,6-12,21H2,1H3,(H,22,25,27). The Balaban J connectivity index is 1.49. The van der Waals surface area contributed by atoms with Gasteiger partial charge in [0.1, 0.15) is 11.5 Å². The molecule has 1 aromatic rings. The average molecular weight is 404 g/mol. The van der Waals surface area contributed by atoms with Crippen LogP contribution in [-0.4, -0.2) is 62.1 Å². The predicted octanol–water partition coefficient (Wildman–Crippen LogP) is 1.25. The van der Waals surface area contributed by atoms with Crippen LogP contribution in [0.25, 0.3) is 0 Å². The molecular formula is C20H28N4O5. The number of likely N-dealkylation sites (tertiary alicyclic amines) is 1. The van der Waals surface area contributed by atoms with Gasteiger partial charge in [0, 0.05) is 44.6 Å². The molecule has 9 heteroatoms. The van der Waals surface area contributed by atoms with Gasteiger partial charge in [-0.3, -0.25) is 19.8 Å². The normalized spacial score (nSPS) is 17.9. The van der Waals surface area contributed by atoms with Gasteiger partial charge in [0.05, 0.1) is 19.4 Å². The summed E-state index contributed by atoms with van der Waals surface area (Å²) in [5.41, 5.74) is 6.44. The molecule has 3 rings (SSSR count). The van der Waals surface area contributed by atoms with Crippen molar-refractivity contribution in [3.8, 4) is 11.5 Å². The van der Waals surface area contributed by atoms with E-state index in [0.29, 0.717) is 43.2 Å². The molecule has 0 radical (unpaired) electrons. The number of nitrogens with one attached hydrogen (secondary N) is 1. The minimum absolute atomic E-state index is 0.138. The SMILES string of the molecule is COc1cc(OCCCC(=O)N2CCC(N)CC2)ccc1N1CCC(=O)NC1=O. The van der Waals surface area contributed by atoms with Crippen LogP contribution < -0.4 is 25.4 Å². The van der Waals surface area contributed by atoms with Crippen molar-refractivity contribution in [1.29, 1.82) is 0 Å². The Labute approximate surface area is 170 Å². The van der Waals surface area contributed by atoms with Crippen molar-refractivity contribution in [2.45, 2.75) is 38.1 Å². The second-order valence-electron chi connectivity index (χ2n) is 7.26. The minimum Gasteiger partial charge on any atom is -0.494 e. The lowest BCUT2D eigenvalue weighted by Gasteiger charge is -2.30. The molecule has 0 unspecified atom stereocenters. The summed E-state index contributed by atoms with van der Waals surface area (Å²) < 4.78 is 11.1. The number of hydrogen-bond donors (Lipinski definition) is 2. The summed E-state index contributed by atoms with van der Waals surface area (Å²) in [7, 11) is 1.51. The summed E-state index contributed by atoms with van der Waals surface area (Å²) in [6, 6.07) is 4.91. The highest BCUT2D eigenvalue weighted by molar-refractivity contribution is 6.06. The van der Waals surface area contributed by atoms with Crippen LogP contribution in [-0.2, 0) is 9.59 Å². The van der Waals surface area contributed by atoms with Gasteiger partial charge in [-0.2, -0.15) is 0 Å². The largest absolute Gasteiger partial charge is 0.494 e. The van der Waals surface area contributed by atoms with Crippen LogP contribution in [0.4, 0.5) is 10.5 Å². The molecule has 2 heterocycles. The molecule has 2 aliphatic heterocycles. The number of ether oxygens (including phenoxy) is 2. The van der Waals surface area contributed by atoms with E-state index in [-0.39, 0.29) is 24.3 Å². The highest BCUT2D eigenvalue weighted by Gasteiger charge is 2.26. The van der Waals surface area contributed by atoms with Crippen molar-refractivity contribution in [3.63, 3.8) is 0 Å². The molecule has 2 aliphatic rings. The third kappa shape index (κ3) is 5.38. The van der Waals surface area contributed by atoms with E-state index in [1.165, 1.54) is 12.0 Å². The first kappa shape index (κ1) is 20.9. The smallest absolute Gasteiger partial charge is 0.328 e. The predicted molar refractivity (Wildman–Crippen MR) is 107 cm³/mol. The zero-order chi connectivity index (χ0) is 20.8. The van der Waals surface area contributed by atoms with E-state index in [1.807, 2.05) is 4.90 Å². The molecular weight excluding hydrogens is 376 g/mol. The molecule has 0 aromatic heterocycles. The lowest BCUT2D eigenvalue weighted by atomic mass is 10.1. The second-order valence-corrected chi connectivity index (χ2v) is 7.26. The Morgan fingerprint density at radius 3 is 2.69 bits per heavy atom. The van der Waals surface area contributed by atoms with Crippen molar-refractivity contribution in [2.24, 2.45) is 5.73 Å². The molecule has 29 heavy (non-hydrogen) atoms. The molecule has 0 saturated carbocycles. The van der Waals surface area contributed by atoms with Crippen molar-refractivity contribution in [3.05, 3.63) is 18.2 Å². The lowest BCUT2D eigenvalue weighted by Crippen LogP contribution is -2.49. The second kappa shape index (κ2) is 9.60. The molecule has 9 nitrogen and oxygen atoms in total. The summed E-state index contributed by atoms with van der Waals surface area (Å²) in [6.45, 7) is 2.16. The van der Waals surface area contributed by atoms with Crippen molar-refractivity contribution >= 4 is 23.5 Å². The summed E-state index contributed by atoms with van der Waals surface area (Å²) in [5, 5.41) is 2.29. The first-order chi connectivity index (χ1) is 14.0. The van der Waals surface area contributed by atoms with Gasteiger partial charge < -0.3 is 20.1 Å². The maximum absolute atomic E-state index is 12.2. The highest BCUT2D eigenvalue weighted by Crippen LogP contribution is 2.33. The van der Waals surface area contributed by atoms with Gasteiger partial charge in [-0.05, 0) is 31.4 Å². The van der Waals surface area contributed by atoms with Gasteiger partial charge in [0.15, 0.2) is 0 Å². The number of carbonyl (C=O) groups excluding carboxylic acids is 3. The van der Waals surface area contributed by atoms with Gasteiger partial charge in [0.25, 0.3) is 0 Å². The van der Waals surface area contributed by atoms with E-state index >= 15 is 0 Å². The van der Waals surface area contributed by atoms with Gasteiger partial charge >= 0.3 is 6.03 Å². The van der Waals surface area contributed by atoms with E-state index in [9.17, 15) is 14.4 Å². The number of nitrogens with zero attached hydrogens (tertiary/aromatic N) is 2. The Hall–Kier alpha value is -2.81. The molecule has 0 bridgehead atoms. The van der Waals surface area contributed by atoms with E-state index in [0.717, 1.165) is 25.9 Å². The van der Waals surface area contributed by atoms with Crippen molar-refractivity contribution < 1.29 is 23.9 Å². The number of methoxy groups -OCH3 is 1. The van der Waals surface area contributed by atoms with Crippen LogP contribution in [0.5, 0.6) is 11.5 Å². The van der Waals surface area contributed by atoms with E-state index in [4.69, 9.17) is 15.2 Å². The van der Waals surface area contributed by atoms with E-state index < -0.39 is 6.03 Å². The van der Waals surface area contributed by atoms with Crippen LogP contribution in [0.1, 0.15) is 32.1 Å². The number of nitrogens with two attached hydrogens (primary N) is 1. The third-order valence-electron chi connectivity index (χ3n) is 5.19. The Morgan fingerprint density at radius 1 is 1.24 bits per heavy atom. The Kier molecular flexibility index (Phi) is 6.92.